The molecule has 114 valence electrons. The molecule has 1 heterocycles. The number of ether oxygens (including phenoxy) is 1. The number of tetrazole rings is 1. The Morgan fingerprint density at radius 2 is 2.14 bits per heavy atom. The Balaban J connectivity index is 1.75. The maximum atomic E-state index is 5.80. The molecule has 1 aromatic heterocycles. The number of nitrogens with one attached hydrogen (secondary N) is 1. The molecule has 6 nitrogen and oxygen atoms in total. The first-order valence-electron chi connectivity index (χ1n) is 6.97. The van der Waals surface area contributed by atoms with Gasteiger partial charge in [-0.25, -0.2) is 4.68 Å². The Hall–Kier alpha value is -1.60. The van der Waals surface area contributed by atoms with Crippen LogP contribution in [-0.2, 0) is 13.6 Å². The SMILES string of the molecule is CC(C)Oc1ccccc1CNCCSc1nnnn1C. The summed E-state index contributed by atoms with van der Waals surface area (Å²) in [6.07, 6.45) is 0.185. The summed E-state index contributed by atoms with van der Waals surface area (Å²) in [5.41, 5.74) is 1.18. The number of thioether (sulfide) groups is 1. The fourth-order valence-electron chi connectivity index (χ4n) is 1.80. The third kappa shape index (κ3) is 5.02. The van der Waals surface area contributed by atoms with E-state index in [1.54, 1.807) is 16.4 Å². The summed E-state index contributed by atoms with van der Waals surface area (Å²) in [6.45, 7) is 5.75. The second-order valence-corrected chi connectivity index (χ2v) is 5.95. The van der Waals surface area contributed by atoms with Crippen molar-refractivity contribution in [3.8, 4) is 5.75 Å². The number of hydrogen-bond donors (Lipinski definition) is 1. The topological polar surface area (TPSA) is 64.9 Å². The molecule has 0 aliphatic heterocycles. The highest BCUT2D eigenvalue weighted by molar-refractivity contribution is 7.99. The molecule has 7 heteroatoms. The van der Waals surface area contributed by atoms with Crippen molar-refractivity contribution in [2.24, 2.45) is 7.05 Å². The number of hydrogen-bond acceptors (Lipinski definition) is 6. The van der Waals surface area contributed by atoms with Crippen LogP contribution < -0.4 is 10.1 Å². The van der Waals surface area contributed by atoms with Crippen LogP contribution in [0.4, 0.5) is 0 Å². The first-order valence-corrected chi connectivity index (χ1v) is 7.96. The van der Waals surface area contributed by atoms with Crippen molar-refractivity contribution < 1.29 is 4.74 Å². The number of aromatic nitrogens is 4. The maximum Gasteiger partial charge on any atom is 0.209 e. The number of para-hydroxylation sites is 1. The van der Waals surface area contributed by atoms with Crippen molar-refractivity contribution in [3.63, 3.8) is 0 Å². The third-order valence-electron chi connectivity index (χ3n) is 2.74. The van der Waals surface area contributed by atoms with Crippen LogP contribution in [0.3, 0.4) is 0 Å². The van der Waals surface area contributed by atoms with Crippen LogP contribution in [0, 0.1) is 0 Å². The van der Waals surface area contributed by atoms with Crippen LogP contribution in [-0.4, -0.2) is 38.6 Å². The fourth-order valence-corrected chi connectivity index (χ4v) is 2.55. The second kappa shape index (κ2) is 7.99. The largest absolute Gasteiger partial charge is 0.491 e. The molecule has 0 spiro atoms. The van der Waals surface area contributed by atoms with Crippen molar-refractivity contribution in [1.82, 2.24) is 25.5 Å². The number of benzene rings is 1. The van der Waals surface area contributed by atoms with E-state index in [-0.39, 0.29) is 6.10 Å². The lowest BCUT2D eigenvalue weighted by Crippen LogP contribution is -2.18. The highest BCUT2D eigenvalue weighted by Crippen LogP contribution is 2.19. The molecule has 2 rings (SSSR count). The van der Waals surface area contributed by atoms with Crippen LogP contribution in [0.15, 0.2) is 29.4 Å². The Labute approximate surface area is 129 Å². The van der Waals surface area contributed by atoms with Gasteiger partial charge in [-0.3, -0.25) is 0 Å². The zero-order valence-electron chi connectivity index (χ0n) is 12.6. The smallest absolute Gasteiger partial charge is 0.209 e. The van der Waals surface area contributed by atoms with Crippen LogP contribution >= 0.6 is 11.8 Å². The first-order chi connectivity index (χ1) is 10.2. The lowest BCUT2D eigenvalue weighted by molar-refractivity contribution is 0.239. The van der Waals surface area contributed by atoms with E-state index in [9.17, 15) is 0 Å². The molecule has 0 saturated carbocycles. The molecule has 0 unspecified atom stereocenters. The van der Waals surface area contributed by atoms with Gasteiger partial charge in [-0.1, -0.05) is 30.0 Å². The summed E-state index contributed by atoms with van der Waals surface area (Å²) in [5.74, 6) is 1.87. The Morgan fingerprint density at radius 3 is 2.86 bits per heavy atom. The molecule has 0 fully saturated rings. The quantitative estimate of drug-likeness (QED) is 0.593. The molecular formula is C14H21N5OS. The summed E-state index contributed by atoms with van der Waals surface area (Å²) in [7, 11) is 1.84. The van der Waals surface area contributed by atoms with E-state index in [2.05, 4.69) is 26.9 Å². The van der Waals surface area contributed by atoms with Gasteiger partial charge in [0.25, 0.3) is 0 Å². The molecule has 0 aliphatic carbocycles. The van der Waals surface area contributed by atoms with E-state index in [4.69, 9.17) is 4.74 Å². The van der Waals surface area contributed by atoms with Crippen molar-refractivity contribution in [2.45, 2.75) is 31.7 Å². The molecule has 1 aromatic carbocycles. The van der Waals surface area contributed by atoms with Gasteiger partial charge in [-0.05, 0) is 30.3 Å². The summed E-state index contributed by atoms with van der Waals surface area (Å²) < 4.78 is 7.48. The number of rotatable bonds is 8. The second-order valence-electron chi connectivity index (χ2n) is 4.88. The molecule has 21 heavy (non-hydrogen) atoms. The third-order valence-corrected chi connectivity index (χ3v) is 3.75. The minimum absolute atomic E-state index is 0.185. The Bertz CT molecular complexity index is 558. The molecular weight excluding hydrogens is 286 g/mol. The highest BCUT2D eigenvalue weighted by Gasteiger charge is 2.05. The number of nitrogens with zero attached hydrogens (tertiary/aromatic N) is 4. The standard InChI is InChI=1S/C14H21N5OS/c1-11(2)20-13-7-5-4-6-12(13)10-15-8-9-21-14-16-17-18-19(14)3/h4-7,11,15H,8-10H2,1-3H3. The lowest BCUT2D eigenvalue weighted by Gasteiger charge is -2.14. The lowest BCUT2D eigenvalue weighted by atomic mass is 10.2. The summed E-state index contributed by atoms with van der Waals surface area (Å²) >= 11 is 1.64. The van der Waals surface area contributed by atoms with E-state index in [0.29, 0.717) is 0 Å². The molecule has 0 saturated heterocycles. The van der Waals surface area contributed by atoms with Gasteiger partial charge in [0, 0.05) is 31.5 Å². The van der Waals surface area contributed by atoms with Gasteiger partial charge in [0.05, 0.1) is 6.10 Å². The van der Waals surface area contributed by atoms with E-state index >= 15 is 0 Å². The Morgan fingerprint density at radius 1 is 1.33 bits per heavy atom. The maximum absolute atomic E-state index is 5.80. The molecule has 0 atom stereocenters. The normalized spacial score (nSPS) is 11.0. The molecule has 0 radical (unpaired) electrons. The van der Waals surface area contributed by atoms with Crippen molar-refractivity contribution >= 4 is 11.8 Å². The van der Waals surface area contributed by atoms with Crippen molar-refractivity contribution in [2.75, 3.05) is 12.3 Å². The average Bonchev–Trinajstić information content (AvgIpc) is 2.85. The summed E-state index contributed by atoms with van der Waals surface area (Å²) in [6, 6.07) is 8.13. The predicted octanol–water partition coefficient (Wildman–Crippen LogP) is 1.88. The Kier molecular flexibility index (Phi) is 6.01. The average molecular weight is 307 g/mol. The summed E-state index contributed by atoms with van der Waals surface area (Å²) in [4.78, 5) is 0. The first kappa shape index (κ1) is 15.8. The molecule has 0 aliphatic rings. The van der Waals surface area contributed by atoms with Gasteiger partial charge in [0.2, 0.25) is 5.16 Å². The van der Waals surface area contributed by atoms with Gasteiger partial charge in [-0.15, -0.1) is 5.10 Å². The monoisotopic (exact) mass is 307 g/mol. The molecule has 1 N–H and O–H groups in total. The zero-order chi connectivity index (χ0) is 15.1. The van der Waals surface area contributed by atoms with Crippen LogP contribution in [0.1, 0.15) is 19.4 Å². The summed E-state index contributed by atoms with van der Waals surface area (Å²) in [5, 5.41) is 15.6. The predicted molar refractivity (Wildman–Crippen MR) is 83.4 cm³/mol. The van der Waals surface area contributed by atoms with E-state index in [1.807, 2.05) is 39.1 Å². The fraction of sp³-hybridized carbons (Fsp3) is 0.500. The highest BCUT2D eigenvalue weighted by atomic mass is 32.2. The minimum Gasteiger partial charge on any atom is -0.491 e. The van der Waals surface area contributed by atoms with E-state index < -0.39 is 0 Å². The van der Waals surface area contributed by atoms with Gasteiger partial charge in [-0.2, -0.15) is 0 Å². The van der Waals surface area contributed by atoms with Gasteiger partial charge >= 0.3 is 0 Å². The molecule has 2 aromatic rings. The molecule has 0 bridgehead atoms. The molecule has 0 amide bonds. The van der Waals surface area contributed by atoms with Crippen molar-refractivity contribution in [3.05, 3.63) is 29.8 Å². The van der Waals surface area contributed by atoms with Gasteiger partial charge < -0.3 is 10.1 Å². The van der Waals surface area contributed by atoms with Crippen molar-refractivity contribution in [1.29, 1.82) is 0 Å². The number of aryl methyl sites for hydroxylation is 1. The minimum atomic E-state index is 0.185. The van der Waals surface area contributed by atoms with Crippen LogP contribution in [0.2, 0.25) is 0 Å². The van der Waals surface area contributed by atoms with Crippen LogP contribution in [0.5, 0.6) is 5.75 Å². The van der Waals surface area contributed by atoms with E-state index in [0.717, 1.165) is 29.7 Å². The van der Waals surface area contributed by atoms with Crippen LogP contribution in [0.25, 0.3) is 0 Å². The van der Waals surface area contributed by atoms with Gasteiger partial charge in [0.1, 0.15) is 5.75 Å². The van der Waals surface area contributed by atoms with E-state index in [1.165, 1.54) is 5.56 Å². The van der Waals surface area contributed by atoms with Gasteiger partial charge in [0.15, 0.2) is 0 Å². The zero-order valence-corrected chi connectivity index (χ0v) is 13.4.